The van der Waals surface area contributed by atoms with E-state index in [2.05, 4.69) is 15.6 Å². The summed E-state index contributed by atoms with van der Waals surface area (Å²) in [5.41, 5.74) is -0.500. The number of halogens is 4. The molecule has 1 aromatic carbocycles. The molecule has 1 heterocycles. The SMILES string of the molecule is CCC(C)NC(=O)c1ccc(Nc2ccc(Cl)cc2C(F)(F)F)cn1. The molecule has 0 spiro atoms. The van der Waals surface area contributed by atoms with Crippen molar-refractivity contribution in [2.45, 2.75) is 32.5 Å². The summed E-state index contributed by atoms with van der Waals surface area (Å²) in [5.74, 6) is -0.330. The molecule has 0 saturated heterocycles. The number of carbonyl (C=O) groups excluding carboxylic acids is 1. The average molecular weight is 372 g/mol. The molecular formula is C17H17ClF3N3O. The van der Waals surface area contributed by atoms with Gasteiger partial charge >= 0.3 is 6.18 Å². The molecule has 25 heavy (non-hydrogen) atoms. The third-order valence-electron chi connectivity index (χ3n) is 3.55. The van der Waals surface area contributed by atoms with Gasteiger partial charge in [-0.2, -0.15) is 13.2 Å². The quantitative estimate of drug-likeness (QED) is 0.775. The molecule has 0 aliphatic rings. The van der Waals surface area contributed by atoms with Crippen LogP contribution in [-0.2, 0) is 6.18 Å². The zero-order chi connectivity index (χ0) is 18.6. The monoisotopic (exact) mass is 371 g/mol. The zero-order valence-corrected chi connectivity index (χ0v) is 14.4. The van der Waals surface area contributed by atoms with Crippen LogP contribution in [0.15, 0.2) is 36.5 Å². The molecule has 1 aromatic heterocycles. The number of hydrogen-bond acceptors (Lipinski definition) is 3. The second-order valence-corrected chi connectivity index (χ2v) is 5.96. The van der Waals surface area contributed by atoms with Crippen LogP contribution < -0.4 is 10.6 Å². The number of hydrogen-bond donors (Lipinski definition) is 2. The highest BCUT2D eigenvalue weighted by Crippen LogP contribution is 2.37. The van der Waals surface area contributed by atoms with Crippen molar-refractivity contribution in [3.05, 3.63) is 52.8 Å². The van der Waals surface area contributed by atoms with E-state index in [9.17, 15) is 18.0 Å². The number of aromatic nitrogens is 1. The molecule has 1 amide bonds. The Morgan fingerprint density at radius 1 is 1.28 bits per heavy atom. The number of nitrogens with zero attached hydrogens (tertiary/aromatic N) is 1. The minimum absolute atomic E-state index is 0.00642. The van der Waals surface area contributed by atoms with E-state index in [4.69, 9.17) is 11.6 Å². The first kappa shape index (κ1) is 19.1. The minimum Gasteiger partial charge on any atom is -0.354 e. The maximum absolute atomic E-state index is 13.1. The van der Waals surface area contributed by atoms with Gasteiger partial charge in [-0.3, -0.25) is 4.79 Å². The second-order valence-electron chi connectivity index (χ2n) is 5.53. The molecule has 0 fully saturated rings. The Morgan fingerprint density at radius 3 is 2.56 bits per heavy atom. The van der Waals surface area contributed by atoms with Gasteiger partial charge in [-0.1, -0.05) is 18.5 Å². The van der Waals surface area contributed by atoms with E-state index in [0.29, 0.717) is 5.69 Å². The van der Waals surface area contributed by atoms with Crippen LogP contribution in [0.1, 0.15) is 36.3 Å². The summed E-state index contributed by atoms with van der Waals surface area (Å²) >= 11 is 5.65. The Morgan fingerprint density at radius 2 is 2.00 bits per heavy atom. The molecule has 2 N–H and O–H groups in total. The van der Waals surface area contributed by atoms with Crippen LogP contribution in [0, 0.1) is 0 Å². The van der Waals surface area contributed by atoms with Crippen molar-refractivity contribution < 1.29 is 18.0 Å². The predicted octanol–water partition coefficient (Wildman–Crippen LogP) is 5.03. The van der Waals surface area contributed by atoms with Crippen molar-refractivity contribution in [3.63, 3.8) is 0 Å². The summed E-state index contributed by atoms with van der Waals surface area (Å²) < 4.78 is 39.3. The van der Waals surface area contributed by atoms with Crippen molar-refractivity contribution in [3.8, 4) is 0 Å². The van der Waals surface area contributed by atoms with Gasteiger partial charge in [0.25, 0.3) is 5.91 Å². The van der Waals surface area contributed by atoms with Gasteiger partial charge < -0.3 is 10.6 Å². The number of alkyl halides is 3. The molecule has 0 saturated carbocycles. The van der Waals surface area contributed by atoms with Crippen LogP contribution >= 0.6 is 11.6 Å². The van der Waals surface area contributed by atoms with E-state index in [1.165, 1.54) is 30.5 Å². The summed E-state index contributed by atoms with van der Waals surface area (Å²) in [6.45, 7) is 3.81. The lowest BCUT2D eigenvalue weighted by Crippen LogP contribution is -2.32. The van der Waals surface area contributed by atoms with Gasteiger partial charge in [-0.15, -0.1) is 0 Å². The van der Waals surface area contributed by atoms with Gasteiger partial charge in [0.2, 0.25) is 0 Å². The van der Waals surface area contributed by atoms with Gasteiger partial charge in [-0.25, -0.2) is 4.98 Å². The molecule has 0 radical (unpaired) electrons. The Kier molecular flexibility index (Phi) is 5.89. The lowest BCUT2D eigenvalue weighted by Gasteiger charge is -2.15. The number of benzene rings is 1. The highest BCUT2D eigenvalue weighted by atomic mass is 35.5. The summed E-state index contributed by atoms with van der Waals surface area (Å²) in [5, 5.41) is 5.41. The normalized spacial score (nSPS) is 12.6. The smallest absolute Gasteiger partial charge is 0.354 e. The molecule has 8 heteroatoms. The van der Waals surface area contributed by atoms with Gasteiger partial charge in [0, 0.05) is 11.1 Å². The van der Waals surface area contributed by atoms with E-state index < -0.39 is 11.7 Å². The van der Waals surface area contributed by atoms with Crippen molar-refractivity contribution in [1.29, 1.82) is 0 Å². The van der Waals surface area contributed by atoms with Crippen LogP contribution in [-0.4, -0.2) is 16.9 Å². The van der Waals surface area contributed by atoms with Gasteiger partial charge in [-0.05, 0) is 43.7 Å². The third-order valence-corrected chi connectivity index (χ3v) is 3.79. The van der Waals surface area contributed by atoms with Gasteiger partial charge in [0.1, 0.15) is 5.69 Å². The third kappa shape index (κ3) is 5.09. The van der Waals surface area contributed by atoms with Crippen LogP contribution in [0.4, 0.5) is 24.5 Å². The summed E-state index contributed by atoms with van der Waals surface area (Å²) in [7, 11) is 0. The number of amides is 1. The van der Waals surface area contributed by atoms with Crippen LogP contribution in [0.5, 0.6) is 0 Å². The Labute approximate surface area is 148 Å². The Hall–Kier alpha value is -2.28. The van der Waals surface area contributed by atoms with Crippen molar-refractivity contribution in [2.24, 2.45) is 0 Å². The zero-order valence-electron chi connectivity index (χ0n) is 13.6. The fourth-order valence-electron chi connectivity index (χ4n) is 2.02. The highest BCUT2D eigenvalue weighted by molar-refractivity contribution is 6.30. The first-order valence-corrected chi connectivity index (χ1v) is 7.99. The molecule has 2 rings (SSSR count). The molecule has 1 atom stereocenters. The number of rotatable bonds is 5. The molecule has 0 bridgehead atoms. The average Bonchev–Trinajstić information content (AvgIpc) is 2.56. The molecular weight excluding hydrogens is 355 g/mol. The molecule has 1 unspecified atom stereocenters. The summed E-state index contributed by atoms with van der Waals surface area (Å²) in [6.07, 6.45) is -2.46. The van der Waals surface area contributed by atoms with Gasteiger partial charge in [0.05, 0.1) is 23.1 Å². The van der Waals surface area contributed by atoms with E-state index in [0.717, 1.165) is 12.5 Å². The fourth-order valence-corrected chi connectivity index (χ4v) is 2.19. The Bertz CT molecular complexity index is 748. The van der Waals surface area contributed by atoms with Crippen molar-refractivity contribution in [2.75, 3.05) is 5.32 Å². The molecule has 4 nitrogen and oxygen atoms in total. The minimum atomic E-state index is -4.54. The fraction of sp³-hybridized carbons (Fsp3) is 0.294. The topological polar surface area (TPSA) is 54.0 Å². The van der Waals surface area contributed by atoms with E-state index in [-0.39, 0.29) is 28.4 Å². The standard InChI is InChI=1S/C17H17ClF3N3O/c1-3-10(2)23-16(25)15-7-5-12(9-22-15)24-14-6-4-11(18)8-13(14)17(19,20)21/h4-10,24H,3H2,1-2H3,(H,23,25). The molecule has 0 aliphatic carbocycles. The number of anilines is 2. The Balaban J connectivity index is 2.18. The molecule has 2 aromatic rings. The van der Waals surface area contributed by atoms with Crippen molar-refractivity contribution >= 4 is 28.9 Å². The number of pyridine rings is 1. The van der Waals surface area contributed by atoms with E-state index in [1.807, 2.05) is 13.8 Å². The number of carbonyl (C=O) groups is 1. The maximum atomic E-state index is 13.1. The summed E-state index contributed by atoms with van der Waals surface area (Å²) in [6, 6.07) is 6.41. The van der Waals surface area contributed by atoms with Crippen LogP contribution in [0.3, 0.4) is 0 Å². The van der Waals surface area contributed by atoms with Gasteiger partial charge in [0.15, 0.2) is 0 Å². The van der Waals surface area contributed by atoms with E-state index >= 15 is 0 Å². The van der Waals surface area contributed by atoms with Crippen molar-refractivity contribution in [1.82, 2.24) is 10.3 Å². The van der Waals surface area contributed by atoms with Crippen LogP contribution in [0.2, 0.25) is 5.02 Å². The highest BCUT2D eigenvalue weighted by Gasteiger charge is 2.33. The van der Waals surface area contributed by atoms with E-state index in [1.54, 1.807) is 0 Å². The first-order chi connectivity index (χ1) is 11.7. The first-order valence-electron chi connectivity index (χ1n) is 7.61. The second kappa shape index (κ2) is 7.74. The number of nitrogens with one attached hydrogen (secondary N) is 2. The lowest BCUT2D eigenvalue weighted by atomic mass is 10.1. The summed E-state index contributed by atoms with van der Waals surface area (Å²) in [4.78, 5) is 15.9. The molecule has 0 aliphatic heterocycles. The lowest BCUT2D eigenvalue weighted by molar-refractivity contribution is -0.136. The maximum Gasteiger partial charge on any atom is 0.418 e. The largest absolute Gasteiger partial charge is 0.418 e. The molecule has 134 valence electrons. The predicted molar refractivity (Wildman–Crippen MR) is 91.2 cm³/mol. The van der Waals surface area contributed by atoms with Crippen LogP contribution in [0.25, 0.3) is 0 Å².